The number of nitrogens with zero attached hydrogens (tertiary/aromatic N) is 1. The van der Waals surface area contributed by atoms with Crippen molar-refractivity contribution >= 4 is 0 Å². The van der Waals surface area contributed by atoms with Crippen molar-refractivity contribution < 1.29 is 9.47 Å². The molecule has 0 radical (unpaired) electrons. The second kappa shape index (κ2) is 9.03. The molecule has 0 saturated carbocycles. The molecule has 1 aromatic heterocycles. The maximum Gasteiger partial charge on any atom is 0.293 e. The van der Waals surface area contributed by atoms with Gasteiger partial charge < -0.3 is 14.5 Å². The Labute approximate surface area is 159 Å². The van der Waals surface area contributed by atoms with Crippen LogP contribution in [0.4, 0.5) is 0 Å². The van der Waals surface area contributed by atoms with Crippen LogP contribution < -0.4 is 15.0 Å². The molecule has 0 fully saturated rings. The van der Waals surface area contributed by atoms with Crippen molar-refractivity contribution in [3.63, 3.8) is 0 Å². The van der Waals surface area contributed by atoms with Gasteiger partial charge in [-0.25, -0.2) is 4.98 Å². The molecule has 0 unspecified atom stereocenters. The highest BCUT2D eigenvalue weighted by Gasteiger charge is 2.06. The zero-order valence-electron chi connectivity index (χ0n) is 15.6. The van der Waals surface area contributed by atoms with Gasteiger partial charge in [-0.15, -0.1) is 0 Å². The summed E-state index contributed by atoms with van der Waals surface area (Å²) < 4.78 is 11.2. The third-order valence-electron chi connectivity index (χ3n) is 3.93. The van der Waals surface area contributed by atoms with Crippen molar-refractivity contribution in [2.45, 2.75) is 26.9 Å². The molecule has 0 atom stereocenters. The summed E-state index contributed by atoms with van der Waals surface area (Å²) in [4.78, 5) is 19.3. The van der Waals surface area contributed by atoms with Gasteiger partial charge in [-0.1, -0.05) is 56.3 Å². The molecule has 5 nitrogen and oxygen atoms in total. The normalized spacial score (nSPS) is 10.8. The van der Waals surface area contributed by atoms with Crippen LogP contribution in [-0.2, 0) is 13.0 Å². The van der Waals surface area contributed by atoms with Gasteiger partial charge in [0.15, 0.2) is 0 Å². The number of benzene rings is 2. The second-order valence-corrected chi connectivity index (χ2v) is 6.82. The Hall–Kier alpha value is -3.08. The number of aromatic amines is 1. The molecule has 1 N–H and O–H groups in total. The summed E-state index contributed by atoms with van der Waals surface area (Å²) in [5, 5.41) is 0. The summed E-state index contributed by atoms with van der Waals surface area (Å²) in [6, 6.07) is 17.5. The molecule has 2 aromatic carbocycles. The van der Waals surface area contributed by atoms with Crippen molar-refractivity contribution in [3.8, 4) is 11.5 Å². The minimum atomic E-state index is -0.271. The van der Waals surface area contributed by atoms with Gasteiger partial charge in [0.1, 0.15) is 18.2 Å². The molecular formula is C22H24N2O3. The molecule has 0 bridgehead atoms. The fraction of sp³-hybridized carbons (Fsp3) is 0.273. The molecule has 3 aromatic rings. The molecule has 3 rings (SSSR count). The van der Waals surface area contributed by atoms with E-state index in [1.165, 1.54) is 6.20 Å². The lowest BCUT2D eigenvalue weighted by Crippen LogP contribution is -2.15. The van der Waals surface area contributed by atoms with Crippen LogP contribution in [0.5, 0.6) is 11.5 Å². The predicted octanol–water partition coefficient (Wildman–Crippen LogP) is 3.97. The lowest BCUT2D eigenvalue weighted by atomic mass is 10.1. The highest BCUT2D eigenvalue weighted by molar-refractivity contribution is 5.29. The van der Waals surface area contributed by atoms with Crippen LogP contribution in [0.2, 0.25) is 0 Å². The Morgan fingerprint density at radius 2 is 1.70 bits per heavy atom. The number of hydrogen-bond acceptors (Lipinski definition) is 4. The Morgan fingerprint density at radius 3 is 2.37 bits per heavy atom. The second-order valence-electron chi connectivity index (χ2n) is 6.82. The van der Waals surface area contributed by atoms with E-state index in [9.17, 15) is 4.79 Å². The Kier molecular flexibility index (Phi) is 6.26. The van der Waals surface area contributed by atoms with Crippen LogP contribution >= 0.6 is 0 Å². The highest BCUT2D eigenvalue weighted by atomic mass is 16.5. The maximum absolute atomic E-state index is 12.2. The topological polar surface area (TPSA) is 64.2 Å². The minimum Gasteiger partial charge on any atom is -0.493 e. The summed E-state index contributed by atoms with van der Waals surface area (Å²) in [7, 11) is 0. The van der Waals surface area contributed by atoms with E-state index in [1.807, 2.05) is 54.6 Å². The summed E-state index contributed by atoms with van der Waals surface area (Å²) in [5.74, 6) is 2.16. The van der Waals surface area contributed by atoms with Gasteiger partial charge in [0, 0.05) is 6.42 Å². The first-order valence-corrected chi connectivity index (χ1v) is 9.07. The van der Waals surface area contributed by atoms with Crippen LogP contribution in [0.25, 0.3) is 0 Å². The van der Waals surface area contributed by atoms with Crippen LogP contribution in [0, 0.1) is 5.92 Å². The standard InChI is InChI=1S/C22H24N2O3/c1-16(2)14-26-19-10-8-17(9-11-19)12-21-23-13-20(22(25)24-21)27-15-18-6-4-3-5-7-18/h3-11,13,16H,12,14-15H2,1-2H3,(H,23,24,25). The van der Waals surface area contributed by atoms with E-state index >= 15 is 0 Å². The average molecular weight is 364 g/mol. The number of H-pyrrole nitrogens is 1. The monoisotopic (exact) mass is 364 g/mol. The SMILES string of the molecule is CC(C)COc1ccc(Cc2ncc(OCc3ccccc3)c(=O)[nH]2)cc1. The molecule has 0 aliphatic rings. The fourth-order valence-corrected chi connectivity index (χ4v) is 2.51. The summed E-state index contributed by atoms with van der Waals surface area (Å²) in [6.07, 6.45) is 2.02. The highest BCUT2D eigenvalue weighted by Crippen LogP contribution is 2.15. The lowest BCUT2D eigenvalue weighted by Gasteiger charge is -2.09. The number of ether oxygens (including phenoxy) is 2. The zero-order valence-corrected chi connectivity index (χ0v) is 15.6. The van der Waals surface area contributed by atoms with E-state index < -0.39 is 0 Å². The molecular weight excluding hydrogens is 340 g/mol. The molecule has 27 heavy (non-hydrogen) atoms. The molecule has 0 saturated heterocycles. The number of aromatic nitrogens is 2. The lowest BCUT2D eigenvalue weighted by molar-refractivity contribution is 0.271. The van der Waals surface area contributed by atoms with Gasteiger partial charge in [-0.3, -0.25) is 4.79 Å². The van der Waals surface area contributed by atoms with Crippen molar-refractivity contribution in [3.05, 3.63) is 88.1 Å². The van der Waals surface area contributed by atoms with Gasteiger partial charge in [-0.05, 0) is 29.2 Å². The number of hydrogen-bond donors (Lipinski definition) is 1. The Balaban J connectivity index is 1.59. The van der Waals surface area contributed by atoms with Crippen molar-refractivity contribution in [1.82, 2.24) is 9.97 Å². The summed E-state index contributed by atoms with van der Waals surface area (Å²) in [6.45, 7) is 5.26. The van der Waals surface area contributed by atoms with Gasteiger partial charge in [0.2, 0.25) is 5.75 Å². The van der Waals surface area contributed by atoms with Crippen LogP contribution in [0.1, 0.15) is 30.8 Å². The van der Waals surface area contributed by atoms with E-state index in [4.69, 9.17) is 9.47 Å². The maximum atomic E-state index is 12.2. The molecule has 0 amide bonds. The van der Waals surface area contributed by atoms with Crippen molar-refractivity contribution in [2.75, 3.05) is 6.61 Å². The van der Waals surface area contributed by atoms with Gasteiger partial charge in [0.05, 0.1) is 12.8 Å². The third-order valence-corrected chi connectivity index (χ3v) is 3.93. The Morgan fingerprint density at radius 1 is 0.963 bits per heavy atom. The quantitative estimate of drug-likeness (QED) is 0.657. The Bertz CT molecular complexity index is 903. The van der Waals surface area contributed by atoms with E-state index in [2.05, 4.69) is 23.8 Å². The third kappa shape index (κ3) is 5.71. The van der Waals surface area contributed by atoms with E-state index in [1.54, 1.807) is 0 Å². The fourth-order valence-electron chi connectivity index (χ4n) is 2.51. The first kappa shape index (κ1) is 18.7. The van der Waals surface area contributed by atoms with Crippen LogP contribution in [0.15, 0.2) is 65.6 Å². The van der Waals surface area contributed by atoms with Crippen LogP contribution in [0.3, 0.4) is 0 Å². The van der Waals surface area contributed by atoms with Crippen molar-refractivity contribution in [1.29, 1.82) is 0 Å². The number of rotatable bonds is 8. The summed E-state index contributed by atoms with van der Waals surface area (Å²) >= 11 is 0. The predicted molar refractivity (Wildman–Crippen MR) is 105 cm³/mol. The van der Waals surface area contributed by atoms with Crippen molar-refractivity contribution in [2.24, 2.45) is 5.92 Å². The molecule has 0 spiro atoms. The molecule has 0 aliphatic heterocycles. The number of nitrogens with one attached hydrogen (secondary N) is 1. The van der Waals surface area contributed by atoms with Gasteiger partial charge in [0.25, 0.3) is 5.56 Å². The zero-order chi connectivity index (χ0) is 19.1. The molecule has 140 valence electrons. The first-order valence-electron chi connectivity index (χ1n) is 9.07. The first-order chi connectivity index (χ1) is 13.1. The smallest absolute Gasteiger partial charge is 0.293 e. The van der Waals surface area contributed by atoms with E-state index in [-0.39, 0.29) is 11.3 Å². The summed E-state index contributed by atoms with van der Waals surface area (Å²) in [5.41, 5.74) is 1.78. The molecule has 5 heteroatoms. The van der Waals surface area contributed by atoms with Gasteiger partial charge >= 0.3 is 0 Å². The van der Waals surface area contributed by atoms with E-state index in [0.717, 1.165) is 16.9 Å². The van der Waals surface area contributed by atoms with Crippen LogP contribution in [-0.4, -0.2) is 16.6 Å². The molecule has 0 aliphatic carbocycles. The largest absolute Gasteiger partial charge is 0.493 e. The molecule has 1 heterocycles. The van der Waals surface area contributed by atoms with Gasteiger partial charge in [-0.2, -0.15) is 0 Å². The van der Waals surface area contributed by atoms with E-state index in [0.29, 0.717) is 31.4 Å². The minimum absolute atomic E-state index is 0.222. The average Bonchev–Trinajstić information content (AvgIpc) is 2.67.